The lowest BCUT2D eigenvalue weighted by Gasteiger charge is -2.08. The van der Waals surface area contributed by atoms with Crippen molar-refractivity contribution in [3.63, 3.8) is 0 Å². The van der Waals surface area contributed by atoms with Crippen LogP contribution in [0.3, 0.4) is 0 Å². The van der Waals surface area contributed by atoms with Crippen LogP contribution in [0, 0.1) is 0 Å². The third-order valence-corrected chi connectivity index (χ3v) is 3.34. The summed E-state index contributed by atoms with van der Waals surface area (Å²) in [7, 11) is 0. The Morgan fingerprint density at radius 3 is 2.71 bits per heavy atom. The van der Waals surface area contributed by atoms with E-state index in [2.05, 4.69) is 21.0 Å². The molecule has 88 valence electrons. The maximum Gasteiger partial charge on any atom is 0.133 e. The van der Waals surface area contributed by atoms with Crippen molar-refractivity contribution < 1.29 is 5.11 Å². The average molecular weight is 229 g/mol. The number of nitrogens with zero attached hydrogens (tertiary/aromatic N) is 3. The van der Waals surface area contributed by atoms with Crippen LogP contribution in [0.5, 0.6) is 5.75 Å². The molecule has 2 heterocycles. The molecule has 0 unspecified atom stereocenters. The smallest absolute Gasteiger partial charge is 0.133 e. The Bertz CT molecular complexity index is 498. The van der Waals surface area contributed by atoms with Crippen LogP contribution < -0.4 is 0 Å². The van der Waals surface area contributed by atoms with Gasteiger partial charge >= 0.3 is 0 Å². The van der Waals surface area contributed by atoms with Gasteiger partial charge in [0.2, 0.25) is 0 Å². The third-order valence-electron chi connectivity index (χ3n) is 3.34. The second kappa shape index (κ2) is 4.20. The molecule has 1 aliphatic carbocycles. The molecule has 1 saturated carbocycles. The first-order chi connectivity index (χ1) is 8.33. The molecule has 0 aromatic carbocycles. The lowest BCUT2D eigenvalue weighted by Crippen LogP contribution is -2.04. The predicted molar refractivity (Wildman–Crippen MR) is 64.6 cm³/mol. The Morgan fingerprint density at radius 1 is 1.18 bits per heavy atom. The fourth-order valence-electron chi connectivity index (χ4n) is 2.40. The van der Waals surface area contributed by atoms with Gasteiger partial charge in [-0.15, -0.1) is 0 Å². The first kappa shape index (κ1) is 10.3. The van der Waals surface area contributed by atoms with Crippen LogP contribution in [0.4, 0.5) is 0 Å². The lowest BCUT2D eigenvalue weighted by molar-refractivity contribution is 0.467. The zero-order valence-electron chi connectivity index (χ0n) is 9.58. The predicted octanol–water partition coefficient (Wildman–Crippen LogP) is 2.77. The van der Waals surface area contributed by atoms with Crippen LogP contribution in [0.25, 0.3) is 11.3 Å². The Kier molecular flexibility index (Phi) is 2.55. The van der Waals surface area contributed by atoms with E-state index in [0.717, 1.165) is 11.3 Å². The van der Waals surface area contributed by atoms with Crippen molar-refractivity contribution in [3.8, 4) is 17.0 Å². The van der Waals surface area contributed by atoms with Crippen molar-refractivity contribution in [3.05, 3.63) is 30.7 Å². The highest BCUT2D eigenvalue weighted by Crippen LogP contribution is 2.30. The summed E-state index contributed by atoms with van der Waals surface area (Å²) in [5, 5.41) is 13.6. The van der Waals surface area contributed by atoms with Crippen LogP contribution in [0.2, 0.25) is 0 Å². The molecule has 1 fully saturated rings. The van der Waals surface area contributed by atoms with Gasteiger partial charge in [0.15, 0.2) is 0 Å². The summed E-state index contributed by atoms with van der Waals surface area (Å²) in [4.78, 5) is 4.19. The molecule has 4 nitrogen and oxygen atoms in total. The molecule has 4 heteroatoms. The number of aromatic nitrogens is 3. The van der Waals surface area contributed by atoms with E-state index < -0.39 is 0 Å². The summed E-state index contributed by atoms with van der Waals surface area (Å²) in [5.41, 5.74) is 1.86. The standard InChI is InChI=1S/C13H15N3O/c17-12-5-6-13(14-8-12)10-7-15-16(9-10)11-3-1-2-4-11/h5-9,11,17H,1-4H2. The Morgan fingerprint density at radius 2 is 2.00 bits per heavy atom. The summed E-state index contributed by atoms with van der Waals surface area (Å²) < 4.78 is 2.05. The fourth-order valence-corrected chi connectivity index (χ4v) is 2.40. The molecule has 0 radical (unpaired) electrons. The van der Waals surface area contributed by atoms with E-state index in [1.807, 2.05) is 12.3 Å². The van der Waals surface area contributed by atoms with Gasteiger partial charge in [0.05, 0.1) is 24.1 Å². The maximum atomic E-state index is 9.20. The lowest BCUT2D eigenvalue weighted by atomic mass is 10.2. The Balaban J connectivity index is 1.86. The number of pyridine rings is 1. The summed E-state index contributed by atoms with van der Waals surface area (Å²) in [6, 6.07) is 4.02. The van der Waals surface area contributed by atoms with E-state index in [1.54, 1.807) is 6.07 Å². The van der Waals surface area contributed by atoms with E-state index in [0.29, 0.717) is 6.04 Å². The van der Waals surface area contributed by atoms with Crippen molar-refractivity contribution in [2.75, 3.05) is 0 Å². The first-order valence-corrected chi connectivity index (χ1v) is 6.02. The minimum Gasteiger partial charge on any atom is -0.506 e. The second-order valence-corrected chi connectivity index (χ2v) is 4.55. The van der Waals surface area contributed by atoms with Crippen molar-refractivity contribution >= 4 is 0 Å². The van der Waals surface area contributed by atoms with Crippen LogP contribution in [0.15, 0.2) is 30.7 Å². The quantitative estimate of drug-likeness (QED) is 0.861. The summed E-state index contributed by atoms with van der Waals surface area (Å²) in [6.07, 6.45) is 10.4. The highest BCUT2D eigenvalue weighted by molar-refractivity contribution is 5.57. The average Bonchev–Trinajstić information content (AvgIpc) is 3.00. The fraction of sp³-hybridized carbons (Fsp3) is 0.385. The van der Waals surface area contributed by atoms with Gasteiger partial charge in [-0.2, -0.15) is 5.10 Å². The zero-order chi connectivity index (χ0) is 11.7. The molecule has 0 spiro atoms. The molecule has 0 bridgehead atoms. The molecule has 1 N–H and O–H groups in total. The normalized spacial score (nSPS) is 16.5. The van der Waals surface area contributed by atoms with Crippen molar-refractivity contribution in [2.45, 2.75) is 31.7 Å². The van der Waals surface area contributed by atoms with Gasteiger partial charge in [-0.3, -0.25) is 9.67 Å². The van der Waals surface area contributed by atoms with E-state index >= 15 is 0 Å². The molecular formula is C13H15N3O. The monoisotopic (exact) mass is 229 g/mol. The summed E-state index contributed by atoms with van der Waals surface area (Å²) in [6.45, 7) is 0. The third kappa shape index (κ3) is 2.02. The Hall–Kier alpha value is -1.84. The molecule has 2 aromatic heterocycles. The van der Waals surface area contributed by atoms with Crippen LogP contribution in [0.1, 0.15) is 31.7 Å². The van der Waals surface area contributed by atoms with E-state index in [9.17, 15) is 5.11 Å². The van der Waals surface area contributed by atoms with E-state index in [1.165, 1.54) is 31.9 Å². The van der Waals surface area contributed by atoms with Crippen LogP contribution in [-0.2, 0) is 0 Å². The first-order valence-electron chi connectivity index (χ1n) is 6.02. The van der Waals surface area contributed by atoms with E-state index in [-0.39, 0.29) is 5.75 Å². The highest BCUT2D eigenvalue weighted by Gasteiger charge is 2.17. The largest absolute Gasteiger partial charge is 0.506 e. The molecule has 2 aromatic rings. The van der Waals surface area contributed by atoms with Gasteiger partial charge in [-0.1, -0.05) is 12.8 Å². The minimum absolute atomic E-state index is 0.192. The molecule has 17 heavy (non-hydrogen) atoms. The van der Waals surface area contributed by atoms with Gasteiger partial charge in [-0.05, 0) is 25.0 Å². The zero-order valence-corrected chi connectivity index (χ0v) is 9.58. The maximum absolute atomic E-state index is 9.20. The minimum atomic E-state index is 0.192. The highest BCUT2D eigenvalue weighted by atomic mass is 16.3. The molecular weight excluding hydrogens is 214 g/mol. The van der Waals surface area contributed by atoms with Crippen LogP contribution in [-0.4, -0.2) is 19.9 Å². The summed E-state index contributed by atoms with van der Waals surface area (Å²) in [5.74, 6) is 0.192. The van der Waals surface area contributed by atoms with Gasteiger partial charge in [0, 0.05) is 11.8 Å². The number of hydrogen-bond acceptors (Lipinski definition) is 3. The van der Waals surface area contributed by atoms with Crippen LogP contribution >= 0.6 is 0 Å². The molecule has 3 rings (SSSR count). The number of hydrogen-bond donors (Lipinski definition) is 1. The SMILES string of the molecule is Oc1ccc(-c2cnn(C3CCCC3)c2)nc1. The molecule has 0 saturated heterocycles. The molecule has 0 atom stereocenters. The van der Waals surface area contributed by atoms with E-state index in [4.69, 9.17) is 0 Å². The molecule has 0 amide bonds. The van der Waals surface area contributed by atoms with Gasteiger partial charge in [-0.25, -0.2) is 0 Å². The van der Waals surface area contributed by atoms with Gasteiger partial charge in [0.25, 0.3) is 0 Å². The second-order valence-electron chi connectivity index (χ2n) is 4.55. The molecule has 0 aliphatic heterocycles. The number of aromatic hydroxyl groups is 1. The molecule has 1 aliphatic rings. The van der Waals surface area contributed by atoms with Crippen molar-refractivity contribution in [1.29, 1.82) is 0 Å². The van der Waals surface area contributed by atoms with Gasteiger partial charge in [0.1, 0.15) is 5.75 Å². The summed E-state index contributed by atoms with van der Waals surface area (Å²) >= 11 is 0. The van der Waals surface area contributed by atoms with Crippen molar-refractivity contribution in [1.82, 2.24) is 14.8 Å². The van der Waals surface area contributed by atoms with Crippen molar-refractivity contribution in [2.24, 2.45) is 0 Å². The topological polar surface area (TPSA) is 50.9 Å². The van der Waals surface area contributed by atoms with Gasteiger partial charge < -0.3 is 5.11 Å². The Labute approximate surface area is 99.9 Å². The number of rotatable bonds is 2.